The predicted molar refractivity (Wildman–Crippen MR) is 172 cm³/mol. The highest BCUT2D eigenvalue weighted by molar-refractivity contribution is 6.01. The van der Waals surface area contributed by atoms with Crippen molar-refractivity contribution in [3.8, 4) is 28.5 Å². The van der Waals surface area contributed by atoms with Gasteiger partial charge in [0, 0.05) is 60.0 Å². The number of imidazole rings is 1. The van der Waals surface area contributed by atoms with Crippen molar-refractivity contribution < 1.29 is 18.7 Å². The number of methoxy groups -OCH3 is 1. The number of ether oxygens (including phenoxy) is 1. The number of rotatable bonds is 6. The van der Waals surface area contributed by atoms with Crippen LogP contribution in [0, 0.1) is 17.7 Å². The van der Waals surface area contributed by atoms with Crippen LogP contribution in [0.2, 0.25) is 0 Å². The Morgan fingerprint density at radius 2 is 1.96 bits per heavy atom. The van der Waals surface area contributed by atoms with Crippen LogP contribution in [0.25, 0.3) is 44.8 Å². The van der Waals surface area contributed by atoms with Crippen LogP contribution < -0.4 is 15.8 Å². The first-order valence-electron chi connectivity index (χ1n) is 16.0. The molecule has 11 heteroatoms. The number of halogens is 1. The molecular weight excluding hydrogens is 585 g/mol. The Kier molecular flexibility index (Phi) is 5.90. The molecule has 3 unspecified atom stereocenters. The topological polar surface area (TPSA) is 120 Å². The van der Waals surface area contributed by atoms with Crippen LogP contribution in [0.3, 0.4) is 0 Å². The van der Waals surface area contributed by atoms with Crippen molar-refractivity contribution in [3.63, 3.8) is 0 Å². The fourth-order valence-corrected chi connectivity index (χ4v) is 7.94. The van der Waals surface area contributed by atoms with E-state index >= 15 is 4.39 Å². The zero-order chi connectivity index (χ0) is 31.4. The molecule has 3 atom stereocenters. The Morgan fingerprint density at radius 1 is 1.11 bits per heavy atom. The van der Waals surface area contributed by atoms with Gasteiger partial charge in [0.15, 0.2) is 5.82 Å². The number of pyridine rings is 1. The number of piperidine rings is 1. The quantitative estimate of drug-likeness (QED) is 0.280. The third-order valence-corrected chi connectivity index (χ3v) is 10.6. The number of nitrogens with one attached hydrogen (secondary N) is 1. The van der Waals surface area contributed by atoms with E-state index < -0.39 is 5.82 Å². The Labute approximate surface area is 264 Å². The van der Waals surface area contributed by atoms with Crippen molar-refractivity contribution in [2.24, 2.45) is 24.6 Å². The highest BCUT2D eigenvalue weighted by atomic mass is 19.1. The summed E-state index contributed by atoms with van der Waals surface area (Å²) in [5.41, 5.74) is 11.9. The van der Waals surface area contributed by atoms with Gasteiger partial charge in [0.05, 0.1) is 30.4 Å². The second kappa shape index (κ2) is 9.86. The van der Waals surface area contributed by atoms with Gasteiger partial charge in [-0.1, -0.05) is 0 Å². The Balaban J connectivity index is 1.15. The smallest absolute Gasteiger partial charge is 0.254 e. The molecule has 3 aromatic heterocycles. The fraction of sp³-hybridized carbons (Fsp3) is 0.371. The molecule has 2 aliphatic heterocycles. The lowest BCUT2D eigenvalue weighted by atomic mass is 10.0. The van der Waals surface area contributed by atoms with E-state index in [4.69, 9.17) is 20.4 Å². The van der Waals surface area contributed by atoms with Crippen molar-refractivity contribution in [1.29, 1.82) is 0 Å². The third kappa shape index (κ3) is 4.03. The number of fused-ring (bicyclic) bond motifs is 5. The summed E-state index contributed by atoms with van der Waals surface area (Å²) in [7, 11) is 3.57. The first-order valence-corrected chi connectivity index (χ1v) is 16.0. The second-order valence-electron chi connectivity index (χ2n) is 13.4. The van der Waals surface area contributed by atoms with E-state index in [0.29, 0.717) is 57.7 Å². The van der Waals surface area contributed by atoms with E-state index in [0.717, 1.165) is 60.3 Å². The number of hydrogen-bond donors (Lipinski definition) is 2. The lowest BCUT2D eigenvalue weighted by Crippen LogP contribution is -2.41. The molecule has 2 aliphatic carbocycles. The van der Waals surface area contributed by atoms with Crippen LogP contribution in [0.1, 0.15) is 41.6 Å². The van der Waals surface area contributed by atoms with Gasteiger partial charge in [-0.2, -0.15) is 0 Å². The Bertz CT molecular complexity index is 2130. The van der Waals surface area contributed by atoms with E-state index in [1.54, 1.807) is 19.2 Å². The number of benzene rings is 2. The number of carbonyl (C=O) groups is 2. The number of amides is 2. The molecule has 234 valence electrons. The molecule has 46 heavy (non-hydrogen) atoms. The molecule has 3 N–H and O–H groups in total. The number of anilines is 1. The molecule has 0 spiro atoms. The van der Waals surface area contributed by atoms with Gasteiger partial charge in [0.1, 0.15) is 22.7 Å². The molecule has 4 aliphatic rings. The summed E-state index contributed by atoms with van der Waals surface area (Å²) in [6.07, 6.45) is 4.33. The molecule has 2 aromatic carbocycles. The summed E-state index contributed by atoms with van der Waals surface area (Å²) in [5, 5.41) is 3.64. The molecule has 2 bridgehead atoms. The van der Waals surface area contributed by atoms with Gasteiger partial charge in [0.25, 0.3) is 5.91 Å². The number of carbonyl (C=O) groups excluding carboxylic acids is 2. The molecule has 1 saturated heterocycles. The number of nitrogens with zero attached hydrogens (tertiary/aromatic N) is 5. The molecule has 9 rings (SSSR count). The monoisotopic (exact) mass is 619 g/mol. The van der Waals surface area contributed by atoms with Crippen LogP contribution >= 0.6 is 0 Å². The molecule has 5 aromatic rings. The average Bonchev–Trinajstić information content (AvgIpc) is 3.28. The first kappa shape index (κ1) is 27.5. The fourth-order valence-electron chi connectivity index (χ4n) is 7.94. The molecule has 10 nitrogen and oxygen atoms in total. The van der Waals surface area contributed by atoms with E-state index in [2.05, 4.69) is 16.0 Å². The van der Waals surface area contributed by atoms with Crippen molar-refractivity contribution in [2.45, 2.75) is 50.7 Å². The van der Waals surface area contributed by atoms with E-state index in [-0.39, 0.29) is 30.3 Å². The van der Waals surface area contributed by atoms with Crippen LogP contribution in [-0.4, -0.2) is 61.6 Å². The summed E-state index contributed by atoms with van der Waals surface area (Å²) < 4.78 is 25.7. The lowest BCUT2D eigenvalue weighted by molar-refractivity contribution is -0.115. The highest BCUT2D eigenvalue weighted by Gasteiger charge is 2.47. The lowest BCUT2D eigenvalue weighted by Gasteiger charge is -2.27. The number of aryl methyl sites for hydroxylation is 1. The van der Waals surface area contributed by atoms with Crippen molar-refractivity contribution in [2.75, 3.05) is 19.0 Å². The zero-order valence-corrected chi connectivity index (χ0v) is 25.7. The van der Waals surface area contributed by atoms with Gasteiger partial charge in [0.2, 0.25) is 5.91 Å². The Morgan fingerprint density at radius 3 is 2.70 bits per heavy atom. The van der Waals surface area contributed by atoms with Gasteiger partial charge in [-0.15, -0.1) is 0 Å². The van der Waals surface area contributed by atoms with Gasteiger partial charge in [-0.05, 0) is 80.0 Å². The van der Waals surface area contributed by atoms with Gasteiger partial charge in [-0.3, -0.25) is 9.59 Å². The maximum absolute atomic E-state index is 15.6. The molecule has 3 fully saturated rings. The Hall–Kier alpha value is -4.77. The summed E-state index contributed by atoms with van der Waals surface area (Å²) in [4.78, 5) is 37.7. The molecule has 0 radical (unpaired) electrons. The van der Waals surface area contributed by atoms with E-state index in [9.17, 15) is 9.59 Å². The third-order valence-electron chi connectivity index (χ3n) is 10.6. The van der Waals surface area contributed by atoms with E-state index in [1.165, 1.54) is 0 Å². The van der Waals surface area contributed by atoms with Gasteiger partial charge < -0.3 is 29.8 Å². The van der Waals surface area contributed by atoms with Crippen LogP contribution in [0.4, 0.5) is 10.1 Å². The maximum Gasteiger partial charge on any atom is 0.254 e. The van der Waals surface area contributed by atoms with Crippen molar-refractivity contribution in [3.05, 3.63) is 59.4 Å². The number of nitrogens with two attached hydrogens (primary N) is 1. The minimum Gasteiger partial charge on any atom is -0.494 e. The predicted octanol–water partition coefficient (Wildman–Crippen LogP) is 4.87. The van der Waals surface area contributed by atoms with Crippen molar-refractivity contribution >= 4 is 39.6 Å². The molecule has 5 heterocycles. The van der Waals surface area contributed by atoms with Crippen molar-refractivity contribution in [1.82, 2.24) is 24.0 Å². The summed E-state index contributed by atoms with van der Waals surface area (Å²) in [5.74, 6) is 1.55. The van der Waals surface area contributed by atoms with Crippen LogP contribution in [-0.2, 0) is 24.8 Å². The summed E-state index contributed by atoms with van der Waals surface area (Å²) >= 11 is 0. The number of likely N-dealkylation sites (tertiary alicyclic amines) is 1. The average molecular weight is 620 g/mol. The SMILES string of the molecule is COc1cc(C(=O)N2CC3CCC2C3N)cc2nc(-c3cc4ccc(-c5ccc6c(c5F)CC(=O)N6)nc4n3CC3CC3)n(C)c12. The first-order chi connectivity index (χ1) is 22.3. The largest absolute Gasteiger partial charge is 0.494 e. The van der Waals surface area contributed by atoms with Crippen LogP contribution in [0.15, 0.2) is 42.5 Å². The summed E-state index contributed by atoms with van der Waals surface area (Å²) in [6, 6.07) is 13.1. The minimum absolute atomic E-state index is 0.0234. The highest BCUT2D eigenvalue weighted by Crippen LogP contribution is 2.41. The molecular formula is C35H34FN7O3. The normalized spacial score (nSPS) is 21.9. The minimum atomic E-state index is -0.417. The number of aromatic nitrogens is 4. The maximum atomic E-state index is 15.6. The van der Waals surface area contributed by atoms with E-state index in [1.807, 2.05) is 40.8 Å². The molecule has 2 saturated carbocycles. The van der Waals surface area contributed by atoms with Gasteiger partial charge >= 0.3 is 0 Å². The summed E-state index contributed by atoms with van der Waals surface area (Å²) in [6.45, 7) is 1.46. The zero-order valence-electron chi connectivity index (χ0n) is 25.7. The van der Waals surface area contributed by atoms with Gasteiger partial charge in [-0.25, -0.2) is 14.4 Å². The molecule has 2 amide bonds. The second-order valence-corrected chi connectivity index (χ2v) is 13.4. The number of hydrogen-bond acceptors (Lipinski definition) is 6. The van der Waals surface area contributed by atoms with Crippen LogP contribution in [0.5, 0.6) is 5.75 Å². The standard InChI is InChI=1S/C35H34FN7O3/c1-41-32-25(11-20(13-28(32)46-2)35(45)43-16-19-6-10-26(43)31(19)37)40-34(41)27-12-18-5-8-23(39-33(18)42(27)15-17-3-4-17)21-7-9-24-22(30(21)36)14-29(44)38-24/h5,7-9,11-13,17,19,26,31H,3-4,6,10,14-16,37H2,1-2H3,(H,38,44).